The van der Waals surface area contributed by atoms with Crippen LogP contribution in [-0.2, 0) is 14.8 Å². The number of hydrogen-bond acceptors (Lipinski definition) is 5. The molecule has 0 aliphatic rings. The molecule has 2 rings (SSSR count). The Kier molecular flexibility index (Phi) is 6.97. The molecule has 1 N–H and O–H groups in total. The second kappa shape index (κ2) is 9.04. The number of anilines is 1. The minimum Gasteiger partial charge on any atom is -0.348 e. The van der Waals surface area contributed by atoms with E-state index in [9.17, 15) is 23.3 Å². The number of carbonyl (C=O) groups is 1. The Hall–Kier alpha value is -2.94. The number of carbonyl (C=O) groups excluding carboxylic acids is 1. The first-order valence-corrected chi connectivity index (χ1v) is 11.0. The highest BCUT2D eigenvalue weighted by Gasteiger charge is 2.26. The third kappa shape index (κ3) is 5.54. The van der Waals surface area contributed by atoms with Crippen LogP contribution in [0.2, 0.25) is 0 Å². The second-order valence-corrected chi connectivity index (χ2v) is 8.79. The molecule has 0 radical (unpaired) electrons. The van der Waals surface area contributed by atoms with Crippen LogP contribution >= 0.6 is 0 Å². The van der Waals surface area contributed by atoms with Gasteiger partial charge in [0.1, 0.15) is 6.54 Å². The predicted molar refractivity (Wildman–Crippen MR) is 112 cm³/mol. The SMILES string of the molecule is CC[C@@H](NC(=O)CN(c1cccc([N+](=O)[O-])c1C)S(C)(=O)=O)c1ccc(C)cc1. The van der Waals surface area contributed by atoms with E-state index in [0.29, 0.717) is 6.42 Å². The van der Waals surface area contributed by atoms with Gasteiger partial charge in [-0.25, -0.2) is 8.42 Å². The van der Waals surface area contributed by atoms with Gasteiger partial charge in [0.2, 0.25) is 15.9 Å². The van der Waals surface area contributed by atoms with Crippen LogP contribution in [0.1, 0.15) is 36.1 Å². The van der Waals surface area contributed by atoms with Crippen LogP contribution in [0.5, 0.6) is 0 Å². The Morgan fingerprint density at radius 2 is 1.79 bits per heavy atom. The maximum absolute atomic E-state index is 12.7. The van der Waals surface area contributed by atoms with Gasteiger partial charge < -0.3 is 5.32 Å². The first-order valence-electron chi connectivity index (χ1n) is 9.12. The molecule has 0 fully saturated rings. The van der Waals surface area contributed by atoms with Gasteiger partial charge in [0.25, 0.3) is 5.69 Å². The van der Waals surface area contributed by atoms with Crippen molar-refractivity contribution in [3.05, 3.63) is 69.3 Å². The molecule has 29 heavy (non-hydrogen) atoms. The van der Waals surface area contributed by atoms with Crippen molar-refractivity contribution in [3.63, 3.8) is 0 Å². The zero-order valence-corrected chi connectivity index (χ0v) is 17.7. The van der Waals surface area contributed by atoms with Gasteiger partial charge in [-0.2, -0.15) is 0 Å². The van der Waals surface area contributed by atoms with Gasteiger partial charge in [-0.1, -0.05) is 42.8 Å². The van der Waals surface area contributed by atoms with Crippen LogP contribution in [0.15, 0.2) is 42.5 Å². The zero-order chi connectivity index (χ0) is 21.8. The van der Waals surface area contributed by atoms with Crippen molar-refractivity contribution in [3.8, 4) is 0 Å². The summed E-state index contributed by atoms with van der Waals surface area (Å²) in [5.41, 5.74) is 2.10. The largest absolute Gasteiger partial charge is 0.348 e. The van der Waals surface area contributed by atoms with Crippen molar-refractivity contribution in [2.75, 3.05) is 17.1 Å². The van der Waals surface area contributed by atoms with E-state index in [1.165, 1.54) is 25.1 Å². The molecule has 0 saturated carbocycles. The van der Waals surface area contributed by atoms with Gasteiger partial charge in [-0.15, -0.1) is 0 Å². The number of rotatable bonds is 8. The van der Waals surface area contributed by atoms with E-state index in [1.54, 1.807) is 0 Å². The molecule has 0 aliphatic carbocycles. The fourth-order valence-electron chi connectivity index (χ4n) is 3.05. The van der Waals surface area contributed by atoms with Gasteiger partial charge in [0.15, 0.2) is 0 Å². The average Bonchev–Trinajstić information content (AvgIpc) is 2.64. The Morgan fingerprint density at radius 1 is 1.17 bits per heavy atom. The molecule has 1 atom stereocenters. The normalized spacial score (nSPS) is 12.3. The minimum absolute atomic E-state index is 0.111. The molecule has 2 aromatic carbocycles. The summed E-state index contributed by atoms with van der Waals surface area (Å²) in [4.78, 5) is 23.3. The van der Waals surface area contributed by atoms with Crippen LogP contribution in [0.3, 0.4) is 0 Å². The van der Waals surface area contributed by atoms with Crippen molar-refractivity contribution in [2.24, 2.45) is 0 Å². The molecule has 0 spiro atoms. The number of hydrogen-bond donors (Lipinski definition) is 1. The minimum atomic E-state index is -3.84. The third-order valence-electron chi connectivity index (χ3n) is 4.65. The number of nitrogens with one attached hydrogen (secondary N) is 1. The fraction of sp³-hybridized carbons (Fsp3) is 0.350. The highest BCUT2D eigenvalue weighted by molar-refractivity contribution is 7.92. The summed E-state index contributed by atoms with van der Waals surface area (Å²) in [5.74, 6) is -0.492. The summed E-state index contributed by atoms with van der Waals surface area (Å²) in [6.45, 7) is 4.88. The van der Waals surface area contributed by atoms with E-state index >= 15 is 0 Å². The van der Waals surface area contributed by atoms with Gasteiger partial charge in [0, 0.05) is 6.07 Å². The lowest BCUT2D eigenvalue weighted by Crippen LogP contribution is -2.41. The molecule has 0 saturated heterocycles. The first kappa shape index (κ1) is 22.4. The highest BCUT2D eigenvalue weighted by Crippen LogP contribution is 2.29. The molecule has 1 amide bonds. The van der Waals surface area contributed by atoms with E-state index in [0.717, 1.165) is 21.7 Å². The van der Waals surface area contributed by atoms with E-state index in [4.69, 9.17) is 0 Å². The maximum atomic E-state index is 12.7. The second-order valence-electron chi connectivity index (χ2n) is 6.89. The van der Waals surface area contributed by atoms with Gasteiger partial charge in [-0.3, -0.25) is 19.2 Å². The lowest BCUT2D eigenvalue weighted by molar-refractivity contribution is -0.385. The Labute approximate surface area is 170 Å². The molecule has 0 heterocycles. The fourth-order valence-corrected chi connectivity index (χ4v) is 3.96. The molecule has 8 nitrogen and oxygen atoms in total. The molecule has 0 aromatic heterocycles. The summed E-state index contributed by atoms with van der Waals surface area (Å²) in [6, 6.07) is 11.6. The lowest BCUT2D eigenvalue weighted by Gasteiger charge is -2.25. The van der Waals surface area contributed by atoms with E-state index < -0.39 is 27.4 Å². The summed E-state index contributed by atoms with van der Waals surface area (Å²) < 4.78 is 25.6. The molecule has 156 valence electrons. The van der Waals surface area contributed by atoms with E-state index in [1.807, 2.05) is 38.1 Å². The molecule has 0 unspecified atom stereocenters. The van der Waals surface area contributed by atoms with E-state index in [2.05, 4.69) is 5.32 Å². The van der Waals surface area contributed by atoms with E-state index in [-0.39, 0.29) is 23.0 Å². The van der Waals surface area contributed by atoms with Crippen molar-refractivity contribution in [2.45, 2.75) is 33.2 Å². The number of benzene rings is 2. The zero-order valence-electron chi connectivity index (χ0n) is 16.9. The number of aryl methyl sites for hydroxylation is 1. The standard InChI is InChI=1S/C20H25N3O5S/c1-5-17(16-11-9-14(2)10-12-16)21-20(24)13-22(29(4,27)28)18-7-6-8-19(15(18)3)23(25)26/h6-12,17H,5,13H2,1-4H3,(H,21,24)/t17-/m1/s1. The number of amides is 1. The van der Waals surface area contributed by atoms with Gasteiger partial charge in [0.05, 0.1) is 28.5 Å². The summed E-state index contributed by atoms with van der Waals surface area (Å²) >= 11 is 0. The van der Waals surface area contributed by atoms with Gasteiger partial charge in [-0.05, 0) is 31.9 Å². The Balaban J connectivity index is 2.29. The smallest absolute Gasteiger partial charge is 0.274 e. The van der Waals surface area contributed by atoms with Crippen molar-refractivity contribution in [1.29, 1.82) is 0 Å². The number of nitrogens with zero attached hydrogens (tertiary/aromatic N) is 2. The topological polar surface area (TPSA) is 110 Å². The molecular formula is C20H25N3O5S. The number of nitro benzene ring substituents is 1. The van der Waals surface area contributed by atoms with Crippen molar-refractivity contribution < 1.29 is 18.1 Å². The van der Waals surface area contributed by atoms with Crippen LogP contribution < -0.4 is 9.62 Å². The highest BCUT2D eigenvalue weighted by atomic mass is 32.2. The molecule has 2 aromatic rings. The van der Waals surface area contributed by atoms with Crippen LogP contribution in [0.25, 0.3) is 0 Å². The summed E-state index contributed by atoms with van der Waals surface area (Å²) in [7, 11) is -3.84. The van der Waals surface area contributed by atoms with Gasteiger partial charge >= 0.3 is 0 Å². The molecule has 9 heteroatoms. The Morgan fingerprint density at radius 3 is 2.31 bits per heavy atom. The van der Waals surface area contributed by atoms with Crippen molar-refractivity contribution in [1.82, 2.24) is 5.32 Å². The number of sulfonamides is 1. The monoisotopic (exact) mass is 419 g/mol. The predicted octanol–water partition coefficient (Wildman–Crippen LogP) is 3.25. The molecule has 0 bridgehead atoms. The lowest BCUT2D eigenvalue weighted by atomic mass is 10.0. The molecular weight excluding hydrogens is 394 g/mol. The Bertz CT molecular complexity index is 1000. The summed E-state index contributed by atoms with van der Waals surface area (Å²) in [5, 5.41) is 14.0. The third-order valence-corrected chi connectivity index (χ3v) is 5.78. The van der Waals surface area contributed by atoms with Crippen LogP contribution in [0, 0.1) is 24.0 Å². The molecule has 0 aliphatic heterocycles. The van der Waals surface area contributed by atoms with Crippen molar-refractivity contribution >= 4 is 27.3 Å². The average molecular weight is 420 g/mol. The van der Waals surface area contributed by atoms with Crippen LogP contribution in [-0.4, -0.2) is 32.0 Å². The quantitative estimate of drug-likeness (QED) is 0.522. The van der Waals surface area contributed by atoms with Crippen LogP contribution in [0.4, 0.5) is 11.4 Å². The first-order chi connectivity index (χ1) is 13.5. The number of nitro groups is 1. The maximum Gasteiger partial charge on any atom is 0.274 e. The summed E-state index contributed by atoms with van der Waals surface area (Å²) in [6.07, 6.45) is 1.60.